The van der Waals surface area contributed by atoms with Crippen molar-refractivity contribution in [2.75, 3.05) is 13.7 Å². The fourth-order valence-electron chi connectivity index (χ4n) is 1.06. The summed E-state index contributed by atoms with van der Waals surface area (Å²) in [6.45, 7) is 4.11. The Balaban J connectivity index is 2.89. The maximum absolute atomic E-state index is 5.49. The minimum Gasteiger partial charge on any atom is -0.497 e. The first-order chi connectivity index (χ1) is 6.81. The molecule has 14 heavy (non-hydrogen) atoms. The first-order valence-corrected chi connectivity index (χ1v) is 5.40. The number of hydrogen-bond donors (Lipinski definition) is 0. The lowest BCUT2D eigenvalue weighted by Crippen LogP contribution is -1.96. The van der Waals surface area contributed by atoms with Gasteiger partial charge in [0.25, 0.3) is 0 Å². The highest BCUT2D eigenvalue weighted by molar-refractivity contribution is 9.08. The molecule has 3 heteroatoms. The molecule has 1 rings (SSSR count). The standard InChI is InChI=1S/C11H13BrO2/c1-3-6-14-11-7-10(13-2)5-4-9(11)8-12/h3-5,7H,1,6,8H2,2H3. The van der Waals surface area contributed by atoms with E-state index in [0.29, 0.717) is 6.61 Å². The van der Waals surface area contributed by atoms with Crippen molar-refractivity contribution in [1.82, 2.24) is 0 Å². The molecule has 0 aliphatic heterocycles. The summed E-state index contributed by atoms with van der Waals surface area (Å²) in [6, 6.07) is 5.77. The summed E-state index contributed by atoms with van der Waals surface area (Å²) < 4.78 is 10.6. The van der Waals surface area contributed by atoms with Gasteiger partial charge in [0.1, 0.15) is 18.1 Å². The Morgan fingerprint density at radius 1 is 1.50 bits per heavy atom. The Bertz CT molecular complexity index is 310. The van der Waals surface area contributed by atoms with Gasteiger partial charge in [0, 0.05) is 17.0 Å². The summed E-state index contributed by atoms with van der Waals surface area (Å²) in [7, 11) is 1.64. The molecular weight excluding hydrogens is 244 g/mol. The Morgan fingerprint density at radius 3 is 2.86 bits per heavy atom. The van der Waals surface area contributed by atoms with Crippen LogP contribution < -0.4 is 9.47 Å². The van der Waals surface area contributed by atoms with Crippen molar-refractivity contribution in [1.29, 1.82) is 0 Å². The molecule has 0 aliphatic carbocycles. The van der Waals surface area contributed by atoms with Crippen LogP contribution in [0.15, 0.2) is 30.9 Å². The molecule has 0 bridgehead atoms. The Kier molecular flexibility index (Phi) is 4.53. The summed E-state index contributed by atoms with van der Waals surface area (Å²) >= 11 is 3.40. The number of rotatable bonds is 5. The molecule has 0 saturated heterocycles. The second kappa shape index (κ2) is 5.70. The highest BCUT2D eigenvalue weighted by Gasteiger charge is 2.03. The molecule has 1 aromatic carbocycles. The quantitative estimate of drug-likeness (QED) is 0.596. The number of benzene rings is 1. The summed E-state index contributed by atoms with van der Waals surface area (Å²) in [5.74, 6) is 1.63. The van der Waals surface area contributed by atoms with Crippen LogP contribution in [-0.2, 0) is 5.33 Å². The van der Waals surface area contributed by atoms with Gasteiger partial charge in [-0.2, -0.15) is 0 Å². The first kappa shape index (κ1) is 11.1. The van der Waals surface area contributed by atoms with Crippen molar-refractivity contribution in [3.05, 3.63) is 36.4 Å². The van der Waals surface area contributed by atoms with E-state index in [0.717, 1.165) is 22.4 Å². The molecule has 0 aliphatic rings. The average Bonchev–Trinajstić information content (AvgIpc) is 2.25. The lowest BCUT2D eigenvalue weighted by molar-refractivity contribution is 0.354. The molecule has 0 amide bonds. The highest BCUT2D eigenvalue weighted by Crippen LogP contribution is 2.26. The lowest BCUT2D eigenvalue weighted by atomic mass is 10.2. The van der Waals surface area contributed by atoms with Gasteiger partial charge in [0.15, 0.2) is 0 Å². The topological polar surface area (TPSA) is 18.5 Å². The van der Waals surface area contributed by atoms with Gasteiger partial charge in [-0.1, -0.05) is 34.7 Å². The van der Waals surface area contributed by atoms with E-state index < -0.39 is 0 Å². The van der Waals surface area contributed by atoms with Crippen LogP contribution in [0.1, 0.15) is 5.56 Å². The molecule has 0 saturated carbocycles. The van der Waals surface area contributed by atoms with Gasteiger partial charge < -0.3 is 9.47 Å². The van der Waals surface area contributed by atoms with Crippen LogP contribution in [0.2, 0.25) is 0 Å². The van der Waals surface area contributed by atoms with E-state index in [1.807, 2.05) is 18.2 Å². The van der Waals surface area contributed by atoms with Crippen molar-refractivity contribution in [3.8, 4) is 11.5 Å². The maximum Gasteiger partial charge on any atom is 0.127 e. The molecule has 76 valence electrons. The van der Waals surface area contributed by atoms with E-state index in [1.54, 1.807) is 13.2 Å². The molecule has 2 nitrogen and oxygen atoms in total. The van der Waals surface area contributed by atoms with E-state index in [4.69, 9.17) is 9.47 Å². The Morgan fingerprint density at radius 2 is 2.29 bits per heavy atom. The van der Waals surface area contributed by atoms with Crippen LogP contribution in [-0.4, -0.2) is 13.7 Å². The highest BCUT2D eigenvalue weighted by atomic mass is 79.9. The van der Waals surface area contributed by atoms with Gasteiger partial charge in [0.05, 0.1) is 7.11 Å². The zero-order chi connectivity index (χ0) is 10.4. The molecule has 0 unspecified atom stereocenters. The van der Waals surface area contributed by atoms with E-state index >= 15 is 0 Å². The van der Waals surface area contributed by atoms with Crippen molar-refractivity contribution in [3.63, 3.8) is 0 Å². The summed E-state index contributed by atoms with van der Waals surface area (Å²) in [6.07, 6.45) is 1.72. The Hall–Kier alpha value is -0.960. The fraction of sp³-hybridized carbons (Fsp3) is 0.273. The molecule has 0 N–H and O–H groups in total. The van der Waals surface area contributed by atoms with Gasteiger partial charge in [-0.3, -0.25) is 0 Å². The normalized spacial score (nSPS) is 9.57. The molecule has 0 atom stereocenters. The largest absolute Gasteiger partial charge is 0.497 e. The lowest BCUT2D eigenvalue weighted by Gasteiger charge is -2.09. The second-order valence-electron chi connectivity index (χ2n) is 2.71. The van der Waals surface area contributed by atoms with E-state index in [2.05, 4.69) is 22.5 Å². The van der Waals surface area contributed by atoms with Crippen molar-refractivity contribution < 1.29 is 9.47 Å². The molecule has 1 aromatic rings. The smallest absolute Gasteiger partial charge is 0.127 e. The maximum atomic E-state index is 5.49. The van der Waals surface area contributed by atoms with Crippen LogP contribution in [0.4, 0.5) is 0 Å². The number of methoxy groups -OCH3 is 1. The van der Waals surface area contributed by atoms with Crippen LogP contribution in [0.5, 0.6) is 11.5 Å². The third-order valence-corrected chi connectivity index (χ3v) is 2.38. The number of ether oxygens (including phenoxy) is 2. The molecular formula is C11H13BrO2. The van der Waals surface area contributed by atoms with Gasteiger partial charge in [-0.25, -0.2) is 0 Å². The van der Waals surface area contributed by atoms with Crippen LogP contribution in [0, 0.1) is 0 Å². The number of alkyl halides is 1. The van der Waals surface area contributed by atoms with Gasteiger partial charge >= 0.3 is 0 Å². The second-order valence-corrected chi connectivity index (χ2v) is 3.27. The molecule has 0 heterocycles. The monoisotopic (exact) mass is 256 g/mol. The van der Waals surface area contributed by atoms with Crippen molar-refractivity contribution >= 4 is 15.9 Å². The zero-order valence-corrected chi connectivity index (χ0v) is 9.71. The average molecular weight is 257 g/mol. The molecule has 0 fully saturated rings. The van der Waals surface area contributed by atoms with Crippen LogP contribution in [0.3, 0.4) is 0 Å². The predicted octanol–water partition coefficient (Wildman–Crippen LogP) is 3.15. The SMILES string of the molecule is C=CCOc1cc(OC)ccc1CBr. The van der Waals surface area contributed by atoms with Crippen molar-refractivity contribution in [2.45, 2.75) is 5.33 Å². The molecule has 0 radical (unpaired) electrons. The number of hydrogen-bond acceptors (Lipinski definition) is 2. The summed E-state index contributed by atoms with van der Waals surface area (Å²) in [5, 5.41) is 0.767. The Labute approximate surface area is 92.7 Å². The first-order valence-electron chi connectivity index (χ1n) is 4.28. The molecule has 0 spiro atoms. The number of halogens is 1. The summed E-state index contributed by atoms with van der Waals surface area (Å²) in [5.41, 5.74) is 1.10. The van der Waals surface area contributed by atoms with Gasteiger partial charge in [-0.15, -0.1) is 0 Å². The minimum atomic E-state index is 0.507. The summed E-state index contributed by atoms with van der Waals surface area (Å²) in [4.78, 5) is 0. The zero-order valence-electron chi connectivity index (χ0n) is 8.13. The van der Waals surface area contributed by atoms with E-state index in [1.165, 1.54) is 0 Å². The van der Waals surface area contributed by atoms with Crippen LogP contribution in [0.25, 0.3) is 0 Å². The predicted molar refractivity (Wildman–Crippen MR) is 61.3 cm³/mol. The third kappa shape index (κ3) is 2.77. The van der Waals surface area contributed by atoms with Gasteiger partial charge in [-0.05, 0) is 6.07 Å². The third-order valence-electron chi connectivity index (χ3n) is 1.77. The van der Waals surface area contributed by atoms with Crippen LogP contribution >= 0.6 is 15.9 Å². The van der Waals surface area contributed by atoms with E-state index in [-0.39, 0.29) is 0 Å². The van der Waals surface area contributed by atoms with Gasteiger partial charge in [0.2, 0.25) is 0 Å². The van der Waals surface area contributed by atoms with Crippen molar-refractivity contribution in [2.24, 2.45) is 0 Å². The molecule has 0 aromatic heterocycles. The fourth-order valence-corrected chi connectivity index (χ4v) is 1.52. The minimum absolute atomic E-state index is 0.507. The van der Waals surface area contributed by atoms with E-state index in [9.17, 15) is 0 Å².